The van der Waals surface area contributed by atoms with Crippen LogP contribution in [0.3, 0.4) is 0 Å². The van der Waals surface area contributed by atoms with E-state index >= 15 is 0 Å². The minimum absolute atomic E-state index is 0.215. The highest BCUT2D eigenvalue weighted by atomic mass is 14.8. The van der Waals surface area contributed by atoms with Gasteiger partial charge in [-0.1, -0.05) is 26.2 Å². The van der Waals surface area contributed by atoms with Gasteiger partial charge in [0.2, 0.25) is 0 Å². The molecule has 0 aromatic heterocycles. The van der Waals surface area contributed by atoms with E-state index in [0.29, 0.717) is 0 Å². The summed E-state index contributed by atoms with van der Waals surface area (Å²) in [6.45, 7) is 2.39. The predicted molar refractivity (Wildman–Crippen MR) is 68.1 cm³/mol. The molecule has 3 aliphatic rings. The zero-order valence-corrected chi connectivity index (χ0v) is 10.8. The highest BCUT2D eigenvalue weighted by Crippen LogP contribution is 2.51. The Hall–Kier alpha value is -0.0400. The molecule has 3 saturated carbocycles. The van der Waals surface area contributed by atoms with E-state index in [1.54, 1.807) is 0 Å². The smallest absolute Gasteiger partial charge is 0.0159 e. The second-order valence-corrected chi connectivity index (χ2v) is 7.20. The van der Waals surface area contributed by atoms with Gasteiger partial charge in [-0.15, -0.1) is 0 Å². The average Bonchev–Trinajstić information content (AvgIpc) is 2.77. The third-order valence-corrected chi connectivity index (χ3v) is 5.68. The number of hydrogen-bond donors (Lipinski definition) is 1. The second kappa shape index (κ2) is 4.01. The molecule has 92 valence electrons. The lowest BCUT2D eigenvalue weighted by Crippen LogP contribution is -2.46. The fraction of sp³-hybridized carbons (Fsp3) is 1.00. The van der Waals surface area contributed by atoms with Gasteiger partial charge in [-0.2, -0.15) is 0 Å². The summed E-state index contributed by atoms with van der Waals surface area (Å²) in [5.74, 6) is 4.01. The number of rotatable bonds is 2. The first-order chi connectivity index (χ1) is 7.65. The summed E-state index contributed by atoms with van der Waals surface area (Å²) < 4.78 is 0. The van der Waals surface area contributed by atoms with E-state index in [9.17, 15) is 0 Å². The van der Waals surface area contributed by atoms with Crippen molar-refractivity contribution < 1.29 is 0 Å². The van der Waals surface area contributed by atoms with Crippen molar-refractivity contribution in [1.29, 1.82) is 0 Å². The molecule has 0 radical (unpaired) electrons. The first kappa shape index (κ1) is 11.1. The van der Waals surface area contributed by atoms with Crippen molar-refractivity contribution in [2.45, 2.75) is 70.3 Å². The maximum absolute atomic E-state index is 6.66. The first-order valence-electron chi connectivity index (χ1n) is 7.43. The lowest BCUT2D eigenvalue weighted by molar-refractivity contribution is 0.168. The van der Waals surface area contributed by atoms with Crippen LogP contribution in [0.1, 0.15) is 64.7 Å². The minimum atomic E-state index is 0.215. The summed E-state index contributed by atoms with van der Waals surface area (Å²) in [5, 5.41) is 0. The maximum Gasteiger partial charge on any atom is 0.0159 e. The second-order valence-electron chi connectivity index (χ2n) is 7.20. The van der Waals surface area contributed by atoms with Crippen molar-refractivity contribution in [2.24, 2.45) is 29.4 Å². The van der Waals surface area contributed by atoms with Crippen LogP contribution in [-0.4, -0.2) is 5.54 Å². The Morgan fingerprint density at radius 2 is 2.06 bits per heavy atom. The van der Waals surface area contributed by atoms with Gasteiger partial charge in [0.1, 0.15) is 0 Å². The largest absolute Gasteiger partial charge is 0.325 e. The van der Waals surface area contributed by atoms with Crippen LogP contribution in [0.5, 0.6) is 0 Å². The molecule has 5 atom stereocenters. The van der Waals surface area contributed by atoms with Crippen molar-refractivity contribution in [2.75, 3.05) is 0 Å². The lowest BCUT2D eigenvalue weighted by Gasteiger charge is -2.40. The van der Waals surface area contributed by atoms with E-state index in [1.165, 1.54) is 57.8 Å². The Labute approximate surface area is 100 Å². The maximum atomic E-state index is 6.66. The molecule has 2 N–H and O–H groups in total. The van der Waals surface area contributed by atoms with Crippen LogP contribution in [0.15, 0.2) is 0 Å². The molecule has 1 heteroatoms. The van der Waals surface area contributed by atoms with E-state index in [4.69, 9.17) is 5.73 Å². The standard InChI is InChI=1S/C15H27N/c1-11-3-2-6-15(16,9-11)10-14-8-12-4-5-13(14)7-12/h11-14H,2-10,16H2,1H3. The summed E-state index contributed by atoms with van der Waals surface area (Å²) in [6.07, 6.45) is 12.8. The van der Waals surface area contributed by atoms with Gasteiger partial charge in [0.05, 0.1) is 0 Å². The summed E-state index contributed by atoms with van der Waals surface area (Å²) in [5.41, 5.74) is 6.88. The third-order valence-electron chi connectivity index (χ3n) is 5.68. The van der Waals surface area contributed by atoms with E-state index in [2.05, 4.69) is 6.92 Å². The molecule has 0 amide bonds. The molecule has 16 heavy (non-hydrogen) atoms. The fourth-order valence-corrected chi connectivity index (χ4v) is 5.03. The Bertz CT molecular complexity index is 262. The monoisotopic (exact) mass is 221 g/mol. The van der Waals surface area contributed by atoms with Gasteiger partial charge in [0.25, 0.3) is 0 Å². The van der Waals surface area contributed by atoms with Crippen molar-refractivity contribution >= 4 is 0 Å². The molecule has 5 unspecified atom stereocenters. The minimum Gasteiger partial charge on any atom is -0.325 e. The average molecular weight is 221 g/mol. The summed E-state index contributed by atoms with van der Waals surface area (Å²) in [4.78, 5) is 0. The SMILES string of the molecule is CC1CCCC(N)(CC2CC3CCC2C3)C1. The molecule has 0 heterocycles. The van der Waals surface area contributed by atoms with Crippen molar-refractivity contribution in [3.8, 4) is 0 Å². The molecule has 2 bridgehead atoms. The fourth-order valence-electron chi connectivity index (χ4n) is 5.03. The van der Waals surface area contributed by atoms with Gasteiger partial charge in [-0.3, -0.25) is 0 Å². The zero-order valence-electron chi connectivity index (χ0n) is 10.8. The van der Waals surface area contributed by atoms with Crippen LogP contribution in [0, 0.1) is 23.7 Å². The first-order valence-corrected chi connectivity index (χ1v) is 7.43. The van der Waals surface area contributed by atoms with Gasteiger partial charge in [0, 0.05) is 5.54 Å². The van der Waals surface area contributed by atoms with Crippen LogP contribution in [0.4, 0.5) is 0 Å². The molecule has 0 aliphatic heterocycles. The van der Waals surface area contributed by atoms with Gasteiger partial charge >= 0.3 is 0 Å². The quantitative estimate of drug-likeness (QED) is 0.755. The van der Waals surface area contributed by atoms with Crippen LogP contribution in [0.25, 0.3) is 0 Å². The molecule has 1 nitrogen and oxygen atoms in total. The molecule has 0 spiro atoms. The number of hydrogen-bond acceptors (Lipinski definition) is 1. The van der Waals surface area contributed by atoms with Gasteiger partial charge in [0.15, 0.2) is 0 Å². The van der Waals surface area contributed by atoms with E-state index in [0.717, 1.165) is 23.7 Å². The molecule has 3 rings (SSSR count). The summed E-state index contributed by atoms with van der Waals surface area (Å²) in [6, 6.07) is 0. The Balaban J connectivity index is 1.61. The van der Waals surface area contributed by atoms with Crippen LogP contribution in [0.2, 0.25) is 0 Å². The molecule has 3 aliphatic carbocycles. The van der Waals surface area contributed by atoms with Gasteiger partial charge in [-0.25, -0.2) is 0 Å². The van der Waals surface area contributed by atoms with Gasteiger partial charge in [-0.05, 0) is 62.2 Å². The molecular weight excluding hydrogens is 194 g/mol. The van der Waals surface area contributed by atoms with Crippen molar-refractivity contribution in [3.05, 3.63) is 0 Å². The van der Waals surface area contributed by atoms with Crippen LogP contribution < -0.4 is 5.73 Å². The molecule has 3 fully saturated rings. The normalized spacial score (nSPS) is 52.1. The summed E-state index contributed by atoms with van der Waals surface area (Å²) >= 11 is 0. The molecule has 0 aromatic carbocycles. The topological polar surface area (TPSA) is 26.0 Å². The Morgan fingerprint density at radius 1 is 1.19 bits per heavy atom. The number of nitrogens with two attached hydrogens (primary N) is 1. The van der Waals surface area contributed by atoms with E-state index in [1.807, 2.05) is 0 Å². The molecular formula is C15H27N. The van der Waals surface area contributed by atoms with Crippen molar-refractivity contribution in [3.63, 3.8) is 0 Å². The van der Waals surface area contributed by atoms with Gasteiger partial charge < -0.3 is 5.73 Å². The Kier molecular flexibility index (Phi) is 2.78. The highest BCUT2D eigenvalue weighted by molar-refractivity contribution is 4.97. The molecule has 0 aromatic rings. The van der Waals surface area contributed by atoms with Crippen LogP contribution >= 0.6 is 0 Å². The third kappa shape index (κ3) is 2.03. The van der Waals surface area contributed by atoms with E-state index in [-0.39, 0.29) is 5.54 Å². The highest BCUT2D eigenvalue weighted by Gasteiger charge is 2.43. The Morgan fingerprint density at radius 3 is 2.69 bits per heavy atom. The predicted octanol–water partition coefficient (Wildman–Crippen LogP) is 3.72. The van der Waals surface area contributed by atoms with Crippen molar-refractivity contribution in [1.82, 2.24) is 0 Å². The zero-order chi connectivity index (χ0) is 11.2. The summed E-state index contributed by atoms with van der Waals surface area (Å²) in [7, 11) is 0. The number of fused-ring (bicyclic) bond motifs is 2. The van der Waals surface area contributed by atoms with Crippen LogP contribution in [-0.2, 0) is 0 Å². The van der Waals surface area contributed by atoms with E-state index < -0.39 is 0 Å². The lowest BCUT2D eigenvalue weighted by atomic mass is 9.70. The molecule has 0 saturated heterocycles.